The molecule has 0 spiro atoms. The van der Waals surface area contributed by atoms with E-state index in [9.17, 15) is 8.42 Å². The normalized spacial score (nSPS) is 12.3. The molecule has 4 nitrogen and oxygen atoms in total. The van der Waals surface area contributed by atoms with Gasteiger partial charge in [0.25, 0.3) is 10.0 Å². The molecule has 0 aliphatic heterocycles. The third-order valence-electron chi connectivity index (χ3n) is 2.67. The van der Waals surface area contributed by atoms with Gasteiger partial charge in [-0.2, -0.15) is 0 Å². The van der Waals surface area contributed by atoms with Crippen LogP contribution < -0.4 is 5.73 Å². The molecule has 1 aromatic heterocycles. The van der Waals surface area contributed by atoms with Gasteiger partial charge in [-0.1, -0.05) is 13.3 Å². The molecule has 0 aliphatic rings. The number of rotatable bonds is 6. The van der Waals surface area contributed by atoms with Crippen molar-refractivity contribution in [3.05, 3.63) is 16.5 Å². The molecule has 0 saturated heterocycles. The zero-order chi connectivity index (χ0) is 13.1. The van der Waals surface area contributed by atoms with Gasteiger partial charge in [-0.15, -0.1) is 11.3 Å². The molecule has 0 fully saturated rings. The molecular formula is C11H20N2O2S2. The standard InChI is InChI=1S/C11H20N2O2S2/c1-4-5-6-13(3)17(14,15)11-7-9(2)10(8-12)16-11/h7H,4-6,8,12H2,1-3H3. The van der Waals surface area contributed by atoms with Crippen molar-refractivity contribution in [1.82, 2.24) is 4.31 Å². The molecule has 0 bridgehead atoms. The van der Waals surface area contributed by atoms with Crippen LogP contribution in [0.1, 0.15) is 30.2 Å². The Kier molecular flexibility index (Phi) is 5.12. The molecule has 0 aromatic carbocycles. The van der Waals surface area contributed by atoms with Gasteiger partial charge in [-0.25, -0.2) is 12.7 Å². The second-order valence-corrected chi connectivity index (χ2v) is 7.46. The maximum absolute atomic E-state index is 12.2. The Bertz CT molecular complexity index is 466. The number of hydrogen-bond acceptors (Lipinski definition) is 4. The van der Waals surface area contributed by atoms with E-state index in [0.717, 1.165) is 23.3 Å². The summed E-state index contributed by atoms with van der Waals surface area (Å²) in [6.45, 7) is 4.89. The van der Waals surface area contributed by atoms with Gasteiger partial charge in [0.15, 0.2) is 0 Å². The summed E-state index contributed by atoms with van der Waals surface area (Å²) in [5, 5.41) is 0. The van der Waals surface area contributed by atoms with Crippen LogP contribution in [0.25, 0.3) is 0 Å². The van der Waals surface area contributed by atoms with Crippen molar-refractivity contribution in [2.45, 2.75) is 37.4 Å². The lowest BCUT2D eigenvalue weighted by atomic mass is 10.3. The van der Waals surface area contributed by atoms with E-state index in [4.69, 9.17) is 5.73 Å². The minimum absolute atomic E-state index is 0.394. The van der Waals surface area contributed by atoms with Crippen LogP contribution in [-0.2, 0) is 16.6 Å². The lowest BCUT2D eigenvalue weighted by Crippen LogP contribution is -2.27. The fourth-order valence-corrected chi connectivity index (χ4v) is 4.36. The minimum atomic E-state index is -3.33. The smallest absolute Gasteiger partial charge is 0.252 e. The van der Waals surface area contributed by atoms with Crippen LogP contribution in [0, 0.1) is 6.92 Å². The topological polar surface area (TPSA) is 63.4 Å². The molecule has 1 heterocycles. The van der Waals surface area contributed by atoms with Gasteiger partial charge in [0, 0.05) is 25.0 Å². The number of sulfonamides is 1. The van der Waals surface area contributed by atoms with Gasteiger partial charge >= 0.3 is 0 Å². The maximum atomic E-state index is 12.2. The van der Waals surface area contributed by atoms with E-state index in [1.54, 1.807) is 13.1 Å². The van der Waals surface area contributed by atoms with Gasteiger partial charge in [0.2, 0.25) is 0 Å². The van der Waals surface area contributed by atoms with Crippen molar-refractivity contribution in [2.75, 3.05) is 13.6 Å². The van der Waals surface area contributed by atoms with Crippen LogP contribution in [0.3, 0.4) is 0 Å². The van der Waals surface area contributed by atoms with Crippen LogP contribution in [0.15, 0.2) is 10.3 Å². The molecule has 0 atom stereocenters. The lowest BCUT2D eigenvalue weighted by Gasteiger charge is -2.15. The Labute approximate surface area is 107 Å². The highest BCUT2D eigenvalue weighted by Gasteiger charge is 2.23. The summed E-state index contributed by atoms with van der Waals surface area (Å²) in [5.41, 5.74) is 6.52. The molecule has 0 saturated carbocycles. The van der Waals surface area contributed by atoms with Crippen LogP contribution in [0.5, 0.6) is 0 Å². The number of nitrogens with zero attached hydrogens (tertiary/aromatic N) is 1. The van der Waals surface area contributed by atoms with E-state index in [2.05, 4.69) is 0 Å². The third-order valence-corrected chi connectivity index (χ3v) is 6.24. The van der Waals surface area contributed by atoms with E-state index >= 15 is 0 Å². The summed E-state index contributed by atoms with van der Waals surface area (Å²) < 4.78 is 26.2. The monoisotopic (exact) mass is 276 g/mol. The van der Waals surface area contributed by atoms with Crippen molar-refractivity contribution in [2.24, 2.45) is 5.73 Å². The lowest BCUT2D eigenvalue weighted by molar-refractivity contribution is 0.461. The number of nitrogens with two attached hydrogens (primary N) is 1. The number of hydrogen-bond donors (Lipinski definition) is 1. The zero-order valence-corrected chi connectivity index (χ0v) is 12.2. The van der Waals surface area contributed by atoms with Crippen molar-refractivity contribution in [3.8, 4) is 0 Å². The molecular weight excluding hydrogens is 256 g/mol. The highest BCUT2D eigenvalue weighted by atomic mass is 32.2. The molecule has 17 heavy (non-hydrogen) atoms. The predicted octanol–water partition coefficient (Wildman–Crippen LogP) is 1.94. The molecule has 1 rings (SSSR count). The largest absolute Gasteiger partial charge is 0.326 e. The van der Waals surface area contributed by atoms with Gasteiger partial charge in [-0.05, 0) is 25.0 Å². The minimum Gasteiger partial charge on any atom is -0.326 e. The SMILES string of the molecule is CCCCN(C)S(=O)(=O)c1cc(C)c(CN)s1. The van der Waals surface area contributed by atoms with Gasteiger partial charge < -0.3 is 5.73 Å². The van der Waals surface area contributed by atoms with Crippen molar-refractivity contribution >= 4 is 21.4 Å². The highest BCUT2D eigenvalue weighted by Crippen LogP contribution is 2.27. The van der Waals surface area contributed by atoms with Crippen LogP contribution in [-0.4, -0.2) is 26.3 Å². The summed E-state index contributed by atoms with van der Waals surface area (Å²) in [7, 11) is -1.70. The summed E-state index contributed by atoms with van der Waals surface area (Å²) in [4.78, 5) is 0.937. The Hall–Kier alpha value is -0.430. The van der Waals surface area contributed by atoms with Gasteiger partial charge in [-0.3, -0.25) is 0 Å². The van der Waals surface area contributed by atoms with E-state index in [1.807, 2.05) is 13.8 Å². The van der Waals surface area contributed by atoms with E-state index < -0.39 is 10.0 Å². The molecule has 1 aromatic rings. The van der Waals surface area contributed by atoms with Crippen molar-refractivity contribution in [3.63, 3.8) is 0 Å². The van der Waals surface area contributed by atoms with Gasteiger partial charge in [0.05, 0.1) is 0 Å². The first-order chi connectivity index (χ1) is 7.93. The average Bonchev–Trinajstić information content (AvgIpc) is 2.67. The molecule has 0 amide bonds. The van der Waals surface area contributed by atoms with E-state index in [-0.39, 0.29) is 0 Å². The number of aryl methyl sites for hydroxylation is 1. The Morgan fingerprint density at radius 3 is 2.59 bits per heavy atom. The zero-order valence-electron chi connectivity index (χ0n) is 10.6. The Balaban J connectivity index is 2.96. The highest BCUT2D eigenvalue weighted by molar-refractivity contribution is 7.91. The quantitative estimate of drug-likeness (QED) is 0.863. The first kappa shape index (κ1) is 14.6. The van der Waals surface area contributed by atoms with E-state index in [0.29, 0.717) is 17.3 Å². The van der Waals surface area contributed by atoms with Crippen molar-refractivity contribution in [1.29, 1.82) is 0 Å². The second-order valence-electron chi connectivity index (χ2n) is 4.06. The summed E-state index contributed by atoms with van der Waals surface area (Å²) in [6.07, 6.45) is 1.86. The molecule has 0 aliphatic carbocycles. The summed E-state index contributed by atoms with van der Waals surface area (Å²) >= 11 is 1.27. The maximum Gasteiger partial charge on any atom is 0.252 e. The van der Waals surface area contributed by atoms with Crippen molar-refractivity contribution < 1.29 is 8.42 Å². The average molecular weight is 276 g/mol. The summed E-state index contributed by atoms with van der Waals surface area (Å²) in [6, 6.07) is 1.71. The first-order valence-corrected chi connectivity index (χ1v) is 7.94. The number of thiophene rings is 1. The Morgan fingerprint density at radius 2 is 2.12 bits per heavy atom. The molecule has 2 N–H and O–H groups in total. The van der Waals surface area contributed by atoms with Gasteiger partial charge in [0.1, 0.15) is 4.21 Å². The molecule has 6 heteroatoms. The Morgan fingerprint density at radius 1 is 1.47 bits per heavy atom. The first-order valence-electron chi connectivity index (χ1n) is 5.69. The van der Waals surface area contributed by atoms with Crippen LogP contribution >= 0.6 is 11.3 Å². The number of unbranched alkanes of at least 4 members (excludes halogenated alkanes) is 1. The second kappa shape index (κ2) is 5.95. The molecule has 98 valence electrons. The van der Waals surface area contributed by atoms with E-state index in [1.165, 1.54) is 15.6 Å². The predicted molar refractivity (Wildman–Crippen MR) is 71.7 cm³/mol. The fourth-order valence-electron chi connectivity index (χ4n) is 1.47. The third kappa shape index (κ3) is 3.28. The molecule has 0 radical (unpaired) electrons. The summed E-state index contributed by atoms with van der Waals surface area (Å²) in [5.74, 6) is 0. The fraction of sp³-hybridized carbons (Fsp3) is 0.636. The van der Waals surface area contributed by atoms with Crippen LogP contribution in [0.4, 0.5) is 0 Å². The molecule has 0 unspecified atom stereocenters. The van der Waals surface area contributed by atoms with Crippen LogP contribution in [0.2, 0.25) is 0 Å².